The predicted molar refractivity (Wildman–Crippen MR) is 70.9 cm³/mol. The fourth-order valence-electron chi connectivity index (χ4n) is 1.36. The summed E-state index contributed by atoms with van der Waals surface area (Å²) in [6.07, 6.45) is -1.16. The molecule has 18 heavy (non-hydrogen) atoms. The van der Waals surface area contributed by atoms with Crippen LogP contribution in [0.4, 0.5) is 0 Å². The number of aliphatic hydroxyl groups is 1. The van der Waals surface area contributed by atoms with E-state index in [0.29, 0.717) is 0 Å². The van der Waals surface area contributed by atoms with Gasteiger partial charge in [0.25, 0.3) is 0 Å². The summed E-state index contributed by atoms with van der Waals surface area (Å²) in [6, 6.07) is 7.62. The molecule has 0 aliphatic rings. The van der Waals surface area contributed by atoms with Crippen molar-refractivity contribution >= 4 is 43.4 Å². The van der Waals surface area contributed by atoms with Gasteiger partial charge in [0.05, 0.1) is 32.2 Å². The van der Waals surface area contributed by atoms with Crippen molar-refractivity contribution < 1.29 is 18.1 Å². The summed E-state index contributed by atoms with van der Waals surface area (Å²) in [6.45, 7) is 0. The number of aromatic nitrogens is 1. The van der Waals surface area contributed by atoms with Gasteiger partial charge >= 0.3 is 0 Å². The minimum Gasteiger partial charge on any atom is -0.748 e. The lowest BCUT2D eigenvalue weighted by Crippen LogP contribution is -2.22. The first-order valence-electron chi connectivity index (χ1n) is 5.04. The number of hydrogen-bond acceptors (Lipinski definition) is 7. The lowest BCUT2D eigenvalue weighted by molar-refractivity contribution is 0.219. The van der Waals surface area contributed by atoms with E-state index in [2.05, 4.69) is 4.98 Å². The molecule has 0 saturated carbocycles. The minimum absolute atomic E-state index is 0.140. The topological polar surface area (TPSA) is 90.3 Å². The number of fused-ring (bicyclic) bond motifs is 1. The minimum atomic E-state index is -4.38. The Morgan fingerprint density at radius 2 is 2.17 bits per heavy atom. The molecule has 2 aromatic rings. The van der Waals surface area contributed by atoms with Gasteiger partial charge in [0.2, 0.25) is 0 Å². The molecule has 0 spiro atoms. The molecule has 0 aliphatic heterocycles. The second-order valence-corrected chi connectivity index (χ2v) is 7.38. The molecule has 8 heteroatoms. The Balaban J connectivity index is 1.98. The lowest BCUT2D eigenvalue weighted by Gasteiger charge is -2.11. The lowest BCUT2D eigenvalue weighted by atomic mass is 10.3. The van der Waals surface area contributed by atoms with Crippen molar-refractivity contribution in [1.82, 2.24) is 4.98 Å². The van der Waals surface area contributed by atoms with Crippen LogP contribution in [0.3, 0.4) is 0 Å². The highest BCUT2D eigenvalue weighted by Gasteiger charge is 2.11. The zero-order chi connectivity index (χ0) is 13.2. The molecule has 1 heterocycles. The molecule has 0 fully saturated rings. The van der Waals surface area contributed by atoms with Gasteiger partial charge in [-0.05, 0) is 12.1 Å². The number of hydrogen-bond donors (Lipinski definition) is 1. The van der Waals surface area contributed by atoms with Gasteiger partial charge in [-0.15, -0.1) is 11.3 Å². The van der Waals surface area contributed by atoms with Crippen molar-refractivity contribution in [2.75, 3.05) is 11.5 Å². The summed E-state index contributed by atoms with van der Waals surface area (Å²) >= 11 is 2.72. The van der Waals surface area contributed by atoms with Crippen molar-refractivity contribution in [3.8, 4) is 0 Å². The number of benzene rings is 1. The van der Waals surface area contributed by atoms with Crippen molar-refractivity contribution in [3.63, 3.8) is 0 Å². The van der Waals surface area contributed by atoms with E-state index in [0.717, 1.165) is 14.6 Å². The van der Waals surface area contributed by atoms with Gasteiger partial charge in [0.1, 0.15) is 0 Å². The molecule has 5 nitrogen and oxygen atoms in total. The second-order valence-electron chi connectivity index (χ2n) is 3.64. The van der Waals surface area contributed by atoms with E-state index in [1.54, 1.807) is 0 Å². The molecule has 0 amide bonds. The van der Waals surface area contributed by atoms with E-state index in [9.17, 15) is 18.1 Å². The van der Waals surface area contributed by atoms with Gasteiger partial charge in [0.15, 0.2) is 4.34 Å². The van der Waals surface area contributed by atoms with Gasteiger partial charge in [-0.1, -0.05) is 23.9 Å². The molecule has 1 atom stereocenters. The van der Waals surface area contributed by atoms with Gasteiger partial charge < -0.3 is 9.66 Å². The van der Waals surface area contributed by atoms with E-state index in [-0.39, 0.29) is 5.75 Å². The average Bonchev–Trinajstić information content (AvgIpc) is 2.66. The van der Waals surface area contributed by atoms with E-state index >= 15 is 0 Å². The Hall–Kier alpha value is -0.670. The van der Waals surface area contributed by atoms with Gasteiger partial charge in [-0.3, -0.25) is 0 Å². The zero-order valence-corrected chi connectivity index (χ0v) is 11.6. The maximum Gasteiger partial charge on any atom is 0.151 e. The first kappa shape index (κ1) is 13.8. The smallest absolute Gasteiger partial charge is 0.151 e. The molecular weight excluding hydrogens is 294 g/mol. The third-order valence-corrected chi connectivity index (χ3v) is 5.19. The number of nitrogens with zero attached hydrogens (tertiary/aromatic N) is 1. The molecule has 0 aliphatic carbocycles. The highest BCUT2D eigenvalue weighted by Crippen LogP contribution is 2.29. The molecule has 0 saturated heterocycles. The number of thiazole rings is 1. The second kappa shape index (κ2) is 5.54. The molecule has 0 unspecified atom stereocenters. The molecule has 1 N–H and O–H groups in total. The van der Waals surface area contributed by atoms with Crippen molar-refractivity contribution in [2.24, 2.45) is 0 Å². The first-order chi connectivity index (χ1) is 8.44. The van der Waals surface area contributed by atoms with E-state index in [1.165, 1.54) is 23.1 Å². The van der Waals surface area contributed by atoms with Crippen LogP contribution in [0.2, 0.25) is 0 Å². The van der Waals surface area contributed by atoms with E-state index in [4.69, 9.17) is 0 Å². The number of thioether (sulfide) groups is 1. The third kappa shape index (κ3) is 3.92. The number of aliphatic hydroxyl groups excluding tert-OH is 1. The molecular formula is C10H10NO4S3-. The van der Waals surface area contributed by atoms with Crippen LogP contribution in [0.1, 0.15) is 0 Å². The standard InChI is InChI=1S/C10H11NO4S3/c12-7(6-18(13,14)15)5-16-10-11-8-3-1-2-4-9(8)17-10/h1-4,7,12H,5-6H2,(H,13,14,15)/p-1/t7-/m1/s1. The Labute approximate surface area is 113 Å². The quantitative estimate of drug-likeness (QED) is 0.661. The fourth-order valence-corrected chi connectivity index (χ4v) is 4.12. The maximum atomic E-state index is 10.5. The fraction of sp³-hybridized carbons (Fsp3) is 0.300. The highest BCUT2D eigenvalue weighted by atomic mass is 32.2. The summed E-state index contributed by atoms with van der Waals surface area (Å²) in [5, 5.41) is 9.40. The van der Waals surface area contributed by atoms with Gasteiger partial charge in [0, 0.05) is 5.75 Å². The van der Waals surface area contributed by atoms with Crippen LogP contribution in [0.25, 0.3) is 10.2 Å². The third-order valence-electron chi connectivity index (χ3n) is 2.07. The van der Waals surface area contributed by atoms with Crippen molar-refractivity contribution in [2.45, 2.75) is 10.4 Å². The van der Waals surface area contributed by atoms with Gasteiger partial charge in [-0.25, -0.2) is 13.4 Å². The number of para-hydroxylation sites is 1. The molecule has 1 aromatic carbocycles. The number of rotatable bonds is 5. The Kier molecular flexibility index (Phi) is 4.23. The highest BCUT2D eigenvalue weighted by molar-refractivity contribution is 8.01. The Bertz CT molecular complexity index is 604. The average molecular weight is 304 g/mol. The molecule has 0 radical (unpaired) electrons. The van der Waals surface area contributed by atoms with Crippen LogP contribution < -0.4 is 0 Å². The van der Waals surface area contributed by atoms with E-state index < -0.39 is 22.0 Å². The zero-order valence-electron chi connectivity index (χ0n) is 9.14. The molecule has 2 rings (SSSR count). The first-order valence-corrected chi connectivity index (χ1v) is 8.42. The van der Waals surface area contributed by atoms with Crippen LogP contribution in [0, 0.1) is 0 Å². The summed E-state index contributed by atoms with van der Waals surface area (Å²) < 4.78 is 33.2. The van der Waals surface area contributed by atoms with Gasteiger partial charge in [-0.2, -0.15) is 0 Å². The summed E-state index contributed by atoms with van der Waals surface area (Å²) in [7, 11) is -4.38. The van der Waals surface area contributed by atoms with Crippen LogP contribution in [0.5, 0.6) is 0 Å². The monoisotopic (exact) mass is 304 g/mol. The van der Waals surface area contributed by atoms with Crippen LogP contribution in [0.15, 0.2) is 28.6 Å². The SMILES string of the molecule is O=S(=O)([O-])C[C@H](O)CSc1nc2ccccc2s1. The van der Waals surface area contributed by atoms with E-state index in [1.807, 2.05) is 24.3 Å². The van der Waals surface area contributed by atoms with Crippen LogP contribution >= 0.6 is 23.1 Å². The Morgan fingerprint density at radius 3 is 2.83 bits per heavy atom. The molecule has 0 bridgehead atoms. The Morgan fingerprint density at radius 1 is 1.44 bits per heavy atom. The van der Waals surface area contributed by atoms with Crippen LogP contribution in [-0.2, 0) is 10.1 Å². The summed E-state index contributed by atoms with van der Waals surface area (Å²) in [5.41, 5.74) is 0.871. The molecule has 98 valence electrons. The largest absolute Gasteiger partial charge is 0.748 e. The summed E-state index contributed by atoms with van der Waals surface area (Å²) in [4.78, 5) is 4.32. The predicted octanol–water partition coefficient (Wildman–Crippen LogP) is 1.29. The molecule has 1 aromatic heterocycles. The summed E-state index contributed by atoms with van der Waals surface area (Å²) in [5.74, 6) is -0.619. The normalized spacial score (nSPS) is 13.9. The van der Waals surface area contributed by atoms with Crippen molar-refractivity contribution in [3.05, 3.63) is 24.3 Å². The van der Waals surface area contributed by atoms with Crippen molar-refractivity contribution in [1.29, 1.82) is 0 Å². The van der Waals surface area contributed by atoms with Crippen LogP contribution in [-0.4, -0.2) is 40.7 Å². The maximum absolute atomic E-state index is 10.5.